The lowest BCUT2D eigenvalue weighted by molar-refractivity contribution is -0.144. The molecule has 3 aromatic heterocycles. The Kier molecular flexibility index (Phi) is 17.6. The second-order valence-electron chi connectivity index (χ2n) is 23.2. The zero-order valence-electron chi connectivity index (χ0n) is 46.9. The lowest BCUT2D eigenvalue weighted by Gasteiger charge is -2.35. The molecule has 2 unspecified atom stereocenters. The van der Waals surface area contributed by atoms with Crippen molar-refractivity contribution < 1.29 is 50.9 Å². The predicted molar refractivity (Wildman–Crippen MR) is 308 cm³/mol. The number of amides is 3. The molecule has 10 rings (SSSR count). The number of nitrogens with two attached hydrogens (primary N) is 1. The van der Waals surface area contributed by atoms with Crippen molar-refractivity contribution in [2.45, 2.75) is 135 Å². The fraction of sp³-hybridized carbons (Fsp3) is 0.508. The number of likely N-dealkylation sites (tertiary alicyclic amines) is 2. The number of aromatic nitrogens is 3. The highest BCUT2D eigenvalue weighted by molar-refractivity contribution is 7.23. The molecule has 4 saturated heterocycles. The summed E-state index contributed by atoms with van der Waals surface area (Å²) in [7, 11) is 0. The number of thiophene rings is 1. The van der Waals surface area contributed by atoms with Gasteiger partial charge in [-0.2, -0.15) is 28.4 Å². The van der Waals surface area contributed by atoms with Crippen LogP contribution in [0.3, 0.4) is 0 Å². The standard InChI is InChI=1S/C59H68F5N11O6S2/c1-31(33-11-13-34(14-12-33)50-32(2)67-30-82-50)68-55(78)44-23-38(76)28-75(44)56(79)52(58(3,4)5)70-45(77)10-7-21-80-22-8-20-73-19-6-9-37(73)29-81-57-71-49-40(54(72-57)74-26-35-15-16-36(27-74)69-35)24-42(59(62,63)64)47(48(49)61)39-17-18-43(60)51-46(39)41(25-65)53(66)83-51/h11-14,17-18,24,30-31,35-38,44,52,69,76H,6-10,15-16,19-23,26-29,66H2,1-5H3,(H,68,78)(H,70,77)/t31-,35?,36?,37-,38+,44-,52+/m0/s1. The highest BCUT2D eigenvalue weighted by Crippen LogP contribution is 2.48. The lowest BCUT2D eigenvalue weighted by Crippen LogP contribution is -2.57. The van der Waals surface area contributed by atoms with Crippen molar-refractivity contribution in [1.82, 2.24) is 40.7 Å². The summed E-state index contributed by atoms with van der Waals surface area (Å²) < 4.78 is 90.2. The Morgan fingerprint density at radius 1 is 1.00 bits per heavy atom. The summed E-state index contributed by atoms with van der Waals surface area (Å²) >= 11 is 2.25. The Morgan fingerprint density at radius 2 is 1.73 bits per heavy atom. The number of anilines is 2. The molecule has 17 nitrogen and oxygen atoms in total. The molecule has 0 saturated carbocycles. The Morgan fingerprint density at radius 3 is 2.42 bits per heavy atom. The SMILES string of the molecule is Cc1ncsc1-c1ccc([C@H](C)NC(=O)[C@@H]2C[C@@H](O)CN2C(=O)[C@@H](NC(=O)CCCOCCCN2CCC[C@H]2COc2nc(N3CC4CCC(C3)N4)c3cc(C(F)(F)F)c(-c4ccc(F)c5sc(N)c(C#N)c45)c(F)c3n2)C(C)(C)C)cc1. The van der Waals surface area contributed by atoms with Gasteiger partial charge in [-0.1, -0.05) is 51.1 Å². The number of aliphatic hydroxyl groups is 1. The maximum atomic E-state index is 17.4. The van der Waals surface area contributed by atoms with E-state index >= 15 is 22.0 Å². The summed E-state index contributed by atoms with van der Waals surface area (Å²) in [5, 5.41) is 29.7. The summed E-state index contributed by atoms with van der Waals surface area (Å²) in [6.07, 6.45) is -1.47. The van der Waals surface area contributed by atoms with E-state index in [4.69, 9.17) is 15.2 Å². The van der Waals surface area contributed by atoms with Gasteiger partial charge in [-0.3, -0.25) is 19.3 Å². The molecule has 6 aromatic rings. The molecule has 7 heterocycles. The van der Waals surface area contributed by atoms with Gasteiger partial charge in [-0.05, 0) is 93.2 Å². The number of nitriles is 1. The number of carbonyl (C=O) groups excluding carboxylic acids is 3. The van der Waals surface area contributed by atoms with Crippen LogP contribution in [0.15, 0.2) is 48.0 Å². The van der Waals surface area contributed by atoms with Crippen LogP contribution in [0.1, 0.15) is 107 Å². The van der Waals surface area contributed by atoms with Gasteiger partial charge < -0.3 is 46.1 Å². The molecule has 0 aliphatic carbocycles. The fourth-order valence-electron chi connectivity index (χ4n) is 12.1. The number of hydrogen-bond donors (Lipinski definition) is 5. The number of alkyl halides is 3. The maximum absolute atomic E-state index is 17.4. The van der Waals surface area contributed by atoms with Gasteiger partial charge in [0.2, 0.25) is 17.7 Å². The third kappa shape index (κ3) is 12.8. The number of rotatable bonds is 19. The second kappa shape index (κ2) is 24.5. The van der Waals surface area contributed by atoms with Crippen molar-refractivity contribution in [3.63, 3.8) is 0 Å². The molecule has 2 bridgehead atoms. The van der Waals surface area contributed by atoms with E-state index in [-0.39, 0.29) is 106 Å². The summed E-state index contributed by atoms with van der Waals surface area (Å²) in [5.41, 5.74) is 6.72. The van der Waals surface area contributed by atoms with E-state index in [0.29, 0.717) is 50.4 Å². The van der Waals surface area contributed by atoms with Crippen LogP contribution < -0.4 is 31.3 Å². The normalized spacial score (nSPS) is 21.0. The molecule has 7 atom stereocenters. The van der Waals surface area contributed by atoms with Crippen molar-refractivity contribution in [3.8, 4) is 33.6 Å². The molecule has 24 heteroatoms. The van der Waals surface area contributed by atoms with Gasteiger partial charge in [-0.15, -0.1) is 22.7 Å². The van der Waals surface area contributed by atoms with Gasteiger partial charge in [0.25, 0.3) is 0 Å². The van der Waals surface area contributed by atoms with Crippen molar-refractivity contribution in [1.29, 1.82) is 5.26 Å². The number of hydrogen-bond acceptors (Lipinski definition) is 16. The van der Waals surface area contributed by atoms with E-state index < -0.39 is 69.9 Å². The molecule has 442 valence electrons. The number of nitrogen functional groups attached to an aromatic ring is 1. The Balaban J connectivity index is 0.739. The first-order valence-electron chi connectivity index (χ1n) is 28.1. The lowest BCUT2D eigenvalue weighted by atomic mass is 9.85. The molecule has 0 radical (unpaired) electrons. The molecule has 3 amide bonds. The van der Waals surface area contributed by atoms with Gasteiger partial charge >= 0.3 is 12.2 Å². The minimum atomic E-state index is -5.09. The summed E-state index contributed by atoms with van der Waals surface area (Å²) in [6.45, 7) is 12.3. The zero-order chi connectivity index (χ0) is 59.1. The molecule has 4 aliphatic rings. The number of nitrogens with one attached hydrogen (secondary N) is 3. The zero-order valence-corrected chi connectivity index (χ0v) is 48.5. The van der Waals surface area contributed by atoms with Crippen LogP contribution >= 0.6 is 22.7 Å². The third-order valence-corrected chi connectivity index (χ3v) is 18.3. The van der Waals surface area contributed by atoms with Gasteiger partial charge in [0.15, 0.2) is 5.82 Å². The molecule has 4 fully saturated rings. The number of nitrogens with zero attached hydrogens (tertiary/aromatic N) is 7. The molecule has 4 aliphatic heterocycles. The number of fused-ring (bicyclic) bond motifs is 4. The van der Waals surface area contributed by atoms with E-state index in [2.05, 4.69) is 35.8 Å². The van der Waals surface area contributed by atoms with Crippen molar-refractivity contribution in [3.05, 3.63) is 82.0 Å². The van der Waals surface area contributed by atoms with E-state index in [9.17, 15) is 24.8 Å². The average Bonchev–Trinajstić information content (AvgIpc) is 1.86. The van der Waals surface area contributed by atoms with Gasteiger partial charge in [0.1, 0.15) is 46.9 Å². The first-order chi connectivity index (χ1) is 39.6. The first-order valence-corrected chi connectivity index (χ1v) is 29.8. The summed E-state index contributed by atoms with van der Waals surface area (Å²) in [5.74, 6) is -3.22. The van der Waals surface area contributed by atoms with Gasteiger partial charge in [-0.25, -0.2) is 13.8 Å². The van der Waals surface area contributed by atoms with Crippen LogP contribution in [-0.2, 0) is 25.3 Å². The number of carbonyl (C=O) groups is 3. The minimum absolute atomic E-state index is 0.0449. The summed E-state index contributed by atoms with van der Waals surface area (Å²) in [4.78, 5) is 61.4. The van der Waals surface area contributed by atoms with Crippen LogP contribution in [0, 0.1) is 35.3 Å². The Labute approximate surface area is 485 Å². The molecule has 6 N–H and O–H groups in total. The first kappa shape index (κ1) is 59.5. The van der Waals surface area contributed by atoms with Crippen LogP contribution in [0.2, 0.25) is 0 Å². The van der Waals surface area contributed by atoms with Crippen molar-refractivity contribution in [2.75, 3.05) is 63.2 Å². The van der Waals surface area contributed by atoms with Crippen molar-refractivity contribution >= 4 is 72.2 Å². The summed E-state index contributed by atoms with van der Waals surface area (Å²) in [6, 6.07) is 10.0. The molecule has 83 heavy (non-hydrogen) atoms. The number of aliphatic hydroxyl groups excluding tert-OH is 1. The molecule has 0 spiro atoms. The van der Waals surface area contributed by atoms with Crippen LogP contribution in [0.25, 0.3) is 42.6 Å². The van der Waals surface area contributed by atoms with E-state index in [1.165, 1.54) is 4.90 Å². The second-order valence-corrected chi connectivity index (χ2v) is 25.1. The number of aryl methyl sites for hydroxylation is 1. The van der Waals surface area contributed by atoms with Crippen LogP contribution in [0.5, 0.6) is 6.01 Å². The maximum Gasteiger partial charge on any atom is 0.417 e. The third-order valence-electron chi connectivity index (χ3n) is 16.3. The van der Waals surface area contributed by atoms with Crippen LogP contribution in [-0.4, -0.2) is 136 Å². The van der Waals surface area contributed by atoms with Crippen molar-refractivity contribution in [2.24, 2.45) is 5.41 Å². The number of piperazine rings is 1. The number of thiazole rings is 1. The topological polar surface area (TPSA) is 224 Å². The number of benzene rings is 3. The van der Waals surface area contributed by atoms with Crippen LogP contribution in [0.4, 0.5) is 32.8 Å². The van der Waals surface area contributed by atoms with Gasteiger partial charge in [0.05, 0.1) is 44.1 Å². The van der Waals surface area contributed by atoms with Gasteiger partial charge in [0, 0.05) is 86.7 Å². The molecular formula is C59H68F5N11O6S2. The van der Waals surface area contributed by atoms with E-state index in [1.807, 2.05) is 69.9 Å². The smallest absolute Gasteiger partial charge is 0.417 e. The highest BCUT2D eigenvalue weighted by Gasteiger charge is 2.45. The number of halogens is 5. The minimum Gasteiger partial charge on any atom is -0.462 e. The average molecular weight is 1190 g/mol. The highest BCUT2D eigenvalue weighted by atomic mass is 32.1. The largest absolute Gasteiger partial charge is 0.462 e. The Bertz CT molecular complexity index is 3430. The molecule has 3 aromatic carbocycles. The monoisotopic (exact) mass is 1190 g/mol. The predicted octanol–water partition coefficient (Wildman–Crippen LogP) is 9.04. The molecular weight excluding hydrogens is 1120 g/mol. The Hall–Kier alpha value is -6.62. The fourth-order valence-corrected chi connectivity index (χ4v) is 13.8. The van der Waals surface area contributed by atoms with E-state index in [1.54, 1.807) is 16.8 Å². The number of β-amino-alcohol motifs (C(OH)–C–C–N with tert-alkyl or cyclic N) is 1. The number of ether oxygens (including phenoxy) is 2. The quantitative estimate of drug-likeness (QED) is 0.0377. The van der Waals surface area contributed by atoms with E-state index in [0.717, 1.165) is 72.1 Å².